The van der Waals surface area contributed by atoms with Crippen LogP contribution in [0, 0.1) is 0 Å². The summed E-state index contributed by atoms with van der Waals surface area (Å²) in [5.74, 6) is 0.661. The average Bonchev–Trinajstić information content (AvgIpc) is 2.01. The summed E-state index contributed by atoms with van der Waals surface area (Å²) in [5, 5.41) is 1.13. The lowest BCUT2D eigenvalue weighted by Crippen LogP contribution is -2.18. The summed E-state index contributed by atoms with van der Waals surface area (Å²) < 4.78 is 5.19. The van der Waals surface area contributed by atoms with Gasteiger partial charge in [0, 0.05) is 11.1 Å². The number of hydrogen-bond acceptors (Lipinski definition) is 2. The molecule has 1 atom stereocenters. The maximum atomic E-state index is 5.97. The molecule has 1 aromatic carbocycles. The number of methoxy groups -OCH3 is 1. The molecule has 5 heteroatoms. The zero-order chi connectivity index (χ0) is 10.7. The van der Waals surface area contributed by atoms with Gasteiger partial charge in [0.1, 0.15) is 5.75 Å². The standard InChI is InChI=1S/C10H13Cl2NO.ClH/c1-6(13)3-7-4-8(11)5-9(12)10(7)14-2;/h4-6H,3,13H2,1-2H3;1H. The van der Waals surface area contributed by atoms with Gasteiger partial charge < -0.3 is 10.5 Å². The summed E-state index contributed by atoms with van der Waals surface area (Å²) in [4.78, 5) is 0. The van der Waals surface area contributed by atoms with Crippen LogP contribution in [0.1, 0.15) is 12.5 Å². The Morgan fingerprint density at radius 2 is 2.00 bits per heavy atom. The predicted molar refractivity (Wildman–Crippen MR) is 67.6 cm³/mol. The first-order valence-electron chi connectivity index (χ1n) is 4.32. The quantitative estimate of drug-likeness (QED) is 0.914. The second-order valence-electron chi connectivity index (χ2n) is 3.26. The molecule has 1 unspecified atom stereocenters. The molecule has 0 aromatic heterocycles. The highest BCUT2D eigenvalue weighted by molar-refractivity contribution is 6.35. The van der Waals surface area contributed by atoms with E-state index in [0.29, 0.717) is 22.2 Å². The van der Waals surface area contributed by atoms with Gasteiger partial charge in [-0.15, -0.1) is 12.4 Å². The Hall–Kier alpha value is -0.150. The van der Waals surface area contributed by atoms with E-state index in [2.05, 4.69) is 0 Å². The van der Waals surface area contributed by atoms with E-state index < -0.39 is 0 Å². The second kappa shape index (κ2) is 6.44. The van der Waals surface area contributed by atoms with Gasteiger partial charge in [0.05, 0.1) is 12.1 Å². The van der Waals surface area contributed by atoms with Crippen molar-refractivity contribution in [2.75, 3.05) is 7.11 Å². The van der Waals surface area contributed by atoms with E-state index >= 15 is 0 Å². The molecule has 0 radical (unpaired) electrons. The van der Waals surface area contributed by atoms with E-state index in [4.69, 9.17) is 33.7 Å². The first-order chi connectivity index (χ1) is 6.54. The van der Waals surface area contributed by atoms with Crippen LogP contribution in [0.2, 0.25) is 10.0 Å². The highest BCUT2D eigenvalue weighted by Gasteiger charge is 2.10. The van der Waals surface area contributed by atoms with Gasteiger partial charge in [-0.25, -0.2) is 0 Å². The fraction of sp³-hybridized carbons (Fsp3) is 0.400. The molecule has 0 spiro atoms. The summed E-state index contributed by atoms with van der Waals surface area (Å²) in [5.41, 5.74) is 6.65. The molecule has 0 saturated heterocycles. The van der Waals surface area contributed by atoms with Crippen molar-refractivity contribution >= 4 is 35.6 Å². The van der Waals surface area contributed by atoms with E-state index in [1.54, 1.807) is 13.2 Å². The van der Waals surface area contributed by atoms with Crippen LogP contribution < -0.4 is 10.5 Å². The lowest BCUT2D eigenvalue weighted by molar-refractivity contribution is 0.408. The Kier molecular flexibility index (Phi) is 6.37. The smallest absolute Gasteiger partial charge is 0.140 e. The van der Waals surface area contributed by atoms with Crippen LogP contribution in [0.3, 0.4) is 0 Å². The number of rotatable bonds is 3. The summed E-state index contributed by atoms with van der Waals surface area (Å²) in [7, 11) is 1.58. The molecule has 0 aliphatic heterocycles. The number of halogens is 3. The molecular formula is C10H14Cl3NO. The van der Waals surface area contributed by atoms with Gasteiger partial charge in [0.15, 0.2) is 0 Å². The number of hydrogen-bond donors (Lipinski definition) is 1. The van der Waals surface area contributed by atoms with Crippen LogP contribution in [0.5, 0.6) is 5.75 Å². The van der Waals surface area contributed by atoms with Gasteiger partial charge in [-0.05, 0) is 31.0 Å². The van der Waals surface area contributed by atoms with Crippen molar-refractivity contribution in [2.24, 2.45) is 5.73 Å². The Morgan fingerprint density at radius 1 is 1.40 bits per heavy atom. The van der Waals surface area contributed by atoms with Crippen LogP contribution in [0.15, 0.2) is 12.1 Å². The molecule has 1 aromatic rings. The van der Waals surface area contributed by atoms with E-state index in [9.17, 15) is 0 Å². The minimum atomic E-state index is 0. The lowest BCUT2D eigenvalue weighted by atomic mass is 10.1. The zero-order valence-electron chi connectivity index (χ0n) is 8.59. The van der Waals surface area contributed by atoms with Crippen LogP contribution in [-0.4, -0.2) is 13.2 Å². The highest BCUT2D eigenvalue weighted by Crippen LogP contribution is 2.32. The first kappa shape index (κ1) is 14.8. The van der Waals surface area contributed by atoms with E-state index in [1.807, 2.05) is 13.0 Å². The van der Waals surface area contributed by atoms with Crippen molar-refractivity contribution in [3.8, 4) is 5.75 Å². The predicted octanol–water partition coefficient (Wildman–Crippen LogP) is 3.31. The number of ether oxygens (including phenoxy) is 1. The van der Waals surface area contributed by atoms with Crippen LogP contribution in [0.25, 0.3) is 0 Å². The fourth-order valence-corrected chi connectivity index (χ4v) is 1.95. The van der Waals surface area contributed by atoms with Crippen molar-refractivity contribution in [3.05, 3.63) is 27.7 Å². The molecule has 0 amide bonds. The Labute approximate surface area is 106 Å². The molecule has 0 bridgehead atoms. The maximum Gasteiger partial charge on any atom is 0.140 e. The maximum absolute atomic E-state index is 5.97. The van der Waals surface area contributed by atoms with Gasteiger partial charge in [0.25, 0.3) is 0 Å². The molecule has 0 aliphatic rings. The summed E-state index contributed by atoms with van der Waals surface area (Å²) in [6.07, 6.45) is 0.698. The van der Waals surface area contributed by atoms with Gasteiger partial charge in [-0.1, -0.05) is 23.2 Å². The molecule has 2 nitrogen and oxygen atoms in total. The number of benzene rings is 1. The third-order valence-electron chi connectivity index (χ3n) is 1.83. The zero-order valence-corrected chi connectivity index (χ0v) is 10.9. The van der Waals surface area contributed by atoms with Gasteiger partial charge in [-0.3, -0.25) is 0 Å². The Bertz CT molecular complexity index is 329. The second-order valence-corrected chi connectivity index (χ2v) is 4.11. The molecule has 0 heterocycles. The van der Waals surface area contributed by atoms with Crippen LogP contribution >= 0.6 is 35.6 Å². The normalized spacial score (nSPS) is 11.8. The van der Waals surface area contributed by atoms with Gasteiger partial charge >= 0.3 is 0 Å². The van der Waals surface area contributed by atoms with Crippen LogP contribution in [-0.2, 0) is 6.42 Å². The Morgan fingerprint density at radius 3 is 2.47 bits per heavy atom. The highest BCUT2D eigenvalue weighted by atomic mass is 35.5. The van der Waals surface area contributed by atoms with Gasteiger partial charge in [-0.2, -0.15) is 0 Å². The monoisotopic (exact) mass is 269 g/mol. The molecule has 0 aliphatic carbocycles. The molecule has 1 rings (SSSR count). The Balaban J connectivity index is 0.00000196. The summed E-state index contributed by atoms with van der Waals surface area (Å²) in [6, 6.07) is 3.54. The number of nitrogens with two attached hydrogens (primary N) is 1. The lowest BCUT2D eigenvalue weighted by Gasteiger charge is -2.12. The molecular weight excluding hydrogens is 256 g/mol. The van der Waals surface area contributed by atoms with Gasteiger partial charge in [0.2, 0.25) is 0 Å². The summed E-state index contributed by atoms with van der Waals surface area (Å²) in [6.45, 7) is 1.92. The third kappa shape index (κ3) is 4.07. The van der Waals surface area contributed by atoms with E-state index in [1.165, 1.54) is 0 Å². The topological polar surface area (TPSA) is 35.2 Å². The van der Waals surface area contributed by atoms with Crippen molar-refractivity contribution in [1.29, 1.82) is 0 Å². The van der Waals surface area contributed by atoms with E-state index in [0.717, 1.165) is 5.56 Å². The fourth-order valence-electron chi connectivity index (χ4n) is 1.34. The average molecular weight is 271 g/mol. The van der Waals surface area contributed by atoms with Crippen molar-refractivity contribution < 1.29 is 4.74 Å². The largest absolute Gasteiger partial charge is 0.495 e. The minimum Gasteiger partial charge on any atom is -0.495 e. The SMILES string of the molecule is COc1c(Cl)cc(Cl)cc1CC(C)N.Cl. The van der Waals surface area contributed by atoms with Crippen molar-refractivity contribution in [3.63, 3.8) is 0 Å². The minimum absolute atomic E-state index is 0. The van der Waals surface area contributed by atoms with Crippen molar-refractivity contribution in [2.45, 2.75) is 19.4 Å². The summed E-state index contributed by atoms with van der Waals surface area (Å²) >= 11 is 11.8. The molecule has 0 saturated carbocycles. The molecule has 2 N–H and O–H groups in total. The van der Waals surface area contributed by atoms with E-state index in [-0.39, 0.29) is 18.4 Å². The molecule has 15 heavy (non-hydrogen) atoms. The molecule has 86 valence electrons. The van der Waals surface area contributed by atoms with Crippen molar-refractivity contribution in [1.82, 2.24) is 0 Å². The third-order valence-corrected chi connectivity index (χ3v) is 2.33. The van der Waals surface area contributed by atoms with Crippen LogP contribution in [0.4, 0.5) is 0 Å². The molecule has 0 fully saturated rings. The first-order valence-corrected chi connectivity index (χ1v) is 5.07.